The zero-order valence-corrected chi connectivity index (χ0v) is 15.3. The molecule has 0 atom stereocenters. The van der Waals surface area contributed by atoms with Gasteiger partial charge in [-0.2, -0.15) is 0 Å². The molecule has 0 spiro atoms. The Morgan fingerprint density at radius 2 is 1.84 bits per heavy atom. The predicted molar refractivity (Wildman–Crippen MR) is 98.9 cm³/mol. The van der Waals surface area contributed by atoms with Gasteiger partial charge in [0.15, 0.2) is 0 Å². The average Bonchev–Trinajstić information content (AvgIpc) is 2.94. The number of fused-ring (bicyclic) bond motifs is 1. The van der Waals surface area contributed by atoms with E-state index in [0.717, 1.165) is 4.31 Å². The number of halogens is 2. The zero-order valence-electron chi connectivity index (χ0n) is 13.0. The zero-order chi connectivity index (χ0) is 18.4. The van der Waals surface area contributed by atoms with E-state index in [0.29, 0.717) is 10.5 Å². The van der Waals surface area contributed by atoms with Gasteiger partial charge >= 0.3 is 0 Å². The predicted octanol–water partition coefficient (Wildman–Crippen LogP) is 3.40. The minimum atomic E-state index is -4.13. The average molecular weight is 398 g/mol. The number of para-hydroxylation sites is 1. The van der Waals surface area contributed by atoms with Gasteiger partial charge in [-0.3, -0.25) is 9.10 Å². The van der Waals surface area contributed by atoms with Crippen LogP contribution in [-0.4, -0.2) is 26.4 Å². The fourth-order valence-corrected chi connectivity index (χ4v) is 4.59. The van der Waals surface area contributed by atoms with Crippen LogP contribution >= 0.6 is 23.2 Å². The maximum Gasteiger partial charge on any atom is 0.267 e. The summed E-state index contributed by atoms with van der Waals surface area (Å²) in [5.41, 5.74) is 5.87. The number of carbonyl (C=O) groups excluding carboxylic acids is 1. The number of nitrogens with one attached hydrogen (secondary N) is 1. The van der Waals surface area contributed by atoms with Crippen LogP contribution in [0.4, 0.5) is 5.69 Å². The lowest BCUT2D eigenvalue weighted by Crippen LogP contribution is -2.29. The van der Waals surface area contributed by atoms with Gasteiger partial charge in [-0.1, -0.05) is 35.3 Å². The molecule has 0 aliphatic heterocycles. The van der Waals surface area contributed by atoms with Crippen molar-refractivity contribution < 1.29 is 13.2 Å². The molecule has 25 heavy (non-hydrogen) atoms. The second kappa shape index (κ2) is 6.25. The van der Waals surface area contributed by atoms with Gasteiger partial charge in [-0.15, -0.1) is 0 Å². The molecule has 9 heteroatoms. The number of carbonyl (C=O) groups is 1. The first-order valence-corrected chi connectivity index (χ1v) is 9.27. The quantitative estimate of drug-likeness (QED) is 0.705. The number of hydrogen-bond donors (Lipinski definition) is 2. The molecule has 2 aromatic carbocycles. The number of anilines is 1. The molecular formula is C16H13Cl2N3O3S. The number of aromatic nitrogens is 1. The van der Waals surface area contributed by atoms with Gasteiger partial charge < -0.3 is 10.7 Å². The Balaban J connectivity index is 2.30. The molecule has 0 bridgehead atoms. The van der Waals surface area contributed by atoms with E-state index in [1.807, 2.05) is 0 Å². The van der Waals surface area contributed by atoms with Crippen LogP contribution in [0.5, 0.6) is 0 Å². The fourth-order valence-electron chi connectivity index (χ4n) is 2.55. The Morgan fingerprint density at radius 3 is 2.48 bits per heavy atom. The highest BCUT2D eigenvalue weighted by atomic mass is 35.5. The molecule has 1 aromatic heterocycles. The lowest BCUT2D eigenvalue weighted by atomic mass is 10.2. The number of rotatable bonds is 4. The van der Waals surface area contributed by atoms with E-state index in [-0.39, 0.29) is 26.7 Å². The van der Waals surface area contributed by atoms with Crippen LogP contribution in [0.2, 0.25) is 10.0 Å². The van der Waals surface area contributed by atoms with Crippen LogP contribution in [0.15, 0.2) is 47.4 Å². The number of sulfonamides is 1. The standard InChI is InChI=1S/C16H13Cl2N3O3S/c1-21(13-5-3-2-4-11(13)18)25(23,24)15-10-8-9(17)6-7-12(10)20-14(15)16(19)22/h2-8,20H,1H3,(H2,19,22). The van der Waals surface area contributed by atoms with Gasteiger partial charge in [0.1, 0.15) is 10.6 Å². The molecule has 1 amide bonds. The van der Waals surface area contributed by atoms with Gasteiger partial charge in [0.05, 0.1) is 10.7 Å². The molecular weight excluding hydrogens is 385 g/mol. The Morgan fingerprint density at radius 1 is 1.16 bits per heavy atom. The van der Waals surface area contributed by atoms with Crippen LogP contribution in [0.25, 0.3) is 10.9 Å². The summed E-state index contributed by atoms with van der Waals surface area (Å²) in [5, 5.41) is 0.867. The molecule has 0 radical (unpaired) electrons. The van der Waals surface area contributed by atoms with Crippen molar-refractivity contribution in [3.63, 3.8) is 0 Å². The minimum absolute atomic E-state index is 0.212. The smallest absolute Gasteiger partial charge is 0.267 e. The maximum absolute atomic E-state index is 13.2. The highest BCUT2D eigenvalue weighted by Crippen LogP contribution is 2.34. The van der Waals surface area contributed by atoms with Gasteiger partial charge in [0, 0.05) is 23.0 Å². The Hall–Kier alpha value is -2.22. The first kappa shape index (κ1) is 17.6. The van der Waals surface area contributed by atoms with Gasteiger partial charge in [0.2, 0.25) is 0 Å². The van der Waals surface area contributed by atoms with Crippen LogP contribution in [0, 0.1) is 0 Å². The molecule has 0 fully saturated rings. The topological polar surface area (TPSA) is 96.3 Å². The molecule has 6 nitrogen and oxygen atoms in total. The number of amides is 1. The number of primary amides is 1. The van der Waals surface area contributed by atoms with Crippen molar-refractivity contribution >= 4 is 55.7 Å². The number of H-pyrrole nitrogens is 1. The molecule has 130 valence electrons. The summed E-state index contributed by atoms with van der Waals surface area (Å²) in [6.45, 7) is 0. The first-order valence-electron chi connectivity index (χ1n) is 7.08. The fraction of sp³-hybridized carbons (Fsp3) is 0.0625. The monoisotopic (exact) mass is 397 g/mol. The maximum atomic E-state index is 13.2. The summed E-state index contributed by atoms with van der Waals surface area (Å²) < 4.78 is 27.4. The summed E-state index contributed by atoms with van der Waals surface area (Å²) in [6, 6.07) is 11.1. The van der Waals surface area contributed by atoms with Crippen LogP contribution < -0.4 is 10.0 Å². The summed E-state index contributed by atoms with van der Waals surface area (Å²) in [6.07, 6.45) is 0. The number of nitrogens with zero attached hydrogens (tertiary/aromatic N) is 1. The highest BCUT2D eigenvalue weighted by molar-refractivity contribution is 7.93. The molecule has 0 unspecified atom stereocenters. The molecule has 0 saturated heterocycles. The third kappa shape index (κ3) is 2.95. The SMILES string of the molecule is CN(c1ccccc1Cl)S(=O)(=O)c1c(C(N)=O)[nH]c2ccc(Cl)cc12. The van der Waals surface area contributed by atoms with Crippen molar-refractivity contribution in [3.05, 3.63) is 58.2 Å². The van der Waals surface area contributed by atoms with E-state index in [2.05, 4.69) is 4.98 Å². The second-order valence-corrected chi connectivity index (χ2v) is 8.06. The lowest BCUT2D eigenvalue weighted by Gasteiger charge is -2.20. The lowest BCUT2D eigenvalue weighted by molar-refractivity contribution is 0.0993. The number of nitrogens with two attached hydrogens (primary N) is 1. The van der Waals surface area contributed by atoms with E-state index in [9.17, 15) is 13.2 Å². The van der Waals surface area contributed by atoms with Crippen LogP contribution in [0.1, 0.15) is 10.5 Å². The number of hydrogen-bond acceptors (Lipinski definition) is 3. The van der Waals surface area contributed by atoms with Crippen molar-refractivity contribution in [2.75, 3.05) is 11.4 Å². The van der Waals surface area contributed by atoms with E-state index in [1.54, 1.807) is 36.4 Å². The van der Waals surface area contributed by atoms with Crippen molar-refractivity contribution in [1.82, 2.24) is 4.98 Å². The molecule has 0 saturated carbocycles. The number of benzene rings is 2. The third-order valence-electron chi connectivity index (χ3n) is 3.77. The largest absolute Gasteiger partial charge is 0.364 e. The summed E-state index contributed by atoms with van der Waals surface area (Å²) in [7, 11) is -2.78. The van der Waals surface area contributed by atoms with E-state index >= 15 is 0 Å². The minimum Gasteiger partial charge on any atom is -0.364 e. The molecule has 3 N–H and O–H groups in total. The molecule has 0 aliphatic rings. The van der Waals surface area contributed by atoms with E-state index < -0.39 is 15.9 Å². The van der Waals surface area contributed by atoms with Gasteiger partial charge in [-0.25, -0.2) is 8.42 Å². The molecule has 3 rings (SSSR count). The summed E-state index contributed by atoms with van der Waals surface area (Å²) in [5.74, 6) is -0.890. The van der Waals surface area contributed by atoms with Crippen molar-refractivity contribution in [1.29, 1.82) is 0 Å². The van der Waals surface area contributed by atoms with Crippen molar-refractivity contribution in [2.45, 2.75) is 4.90 Å². The van der Waals surface area contributed by atoms with Crippen LogP contribution in [0.3, 0.4) is 0 Å². The molecule has 1 heterocycles. The second-order valence-electron chi connectivity index (χ2n) is 5.31. The van der Waals surface area contributed by atoms with Gasteiger partial charge in [0.25, 0.3) is 15.9 Å². The highest BCUT2D eigenvalue weighted by Gasteiger charge is 2.31. The van der Waals surface area contributed by atoms with Crippen LogP contribution in [-0.2, 0) is 10.0 Å². The van der Waals surface area contributed by atoms with E-state index in [4.69, 9.17) is 28.9 Å². The Labute approximate surface area is 154 Å². The third-order valence-corrected chi connectivity index (χ3v) is 6.18. The normalized spacial score (nSPS) is 11.6. The summed E-state index contributed by atoms with van der Waals surface area (Å²) >= 11 is 12.1. The Bertz CT molecular complexity index is 1090. The van der Waals surface area contributed by atoms with Crippen molar-refractivity contribution in [2.24, 2.45) is 5.73 Å². The molecule has 3 aromatic rings. The Kier molecular flexibility index (Phi) is 4.40. The van der Waals surface area contributed by atoms with Crippen molar-refractivity contribution in [3.8, 4) is 0 Å². The van der Waals surface area contributed by atoms with E-state index in [1.165, 1.54) is 13.1 Å². The van der Waals surface area contributed by atoms with Gasteiger partial charge in [-0.05, 0) is 30.3 Å². The first-order chi connectivity index (χ1) is 11.7. The molecule has 0 aliphatic carbocycles. The number of aromatic amines is 1. The summed E-state index contributed by atoms with van der Waals surface area (Å²) in [4.78, 5) is 14.3.